The van der Waals surface area contributed by atoms with Gasteiger partial charge in [0.1, 0.15) is 0 Å². The van der Waals surface area contributed by atoms with Crippen molar-refractivity contribution in [2.45, 2.75) is 68.7 Å². The molecule has 0 saturated heterocycles. The van der Waals surface area contributed by atoms with Crippen LogP contribution in [0.5, 0.6) is 0 Å². The molecule has 20 heavy (non-hydrogen) atoms. The minimum Gasteiger partial charge on any atom is -0.325 e. The van der Waals surface area contributed by atoms with Crippen LogP contribution in [0.2, 0.25) is 0 Å². The second-order valence-corrected chi connectivity index (χ2v) is 7.53. The second-order valence-electron chi connectivity index (χ2n) is 6.36. The van der Waals surface area contributed by atoms with Gasteiger partial charge >= 0.3 is 0 Å². The highest BCUT2D eigenvalue weighted by molar-refractivity contribution is 7.99. The number of hydrogen-bond acceptors (Lipinski definition) is 2. The van der Waals surface area contributed by atoms with Gasteiger partial charge in [-0.25, -0.2) is 0 Å². The Hall–Kier alpha value is -0.470. The van der Waals surface area contributed by atoms with Crippen molar-refractivity contribution < 1.29 is 0 Å². The first kappa shape index (κ1) is 15.9. The summed E-state index contributed by atoms with van der Waals surface area (Å²) in [5, 5.41) is 0. The molecule has 0 atom stereocenters. The standard InChI is InChI=1S/C18H29NS/c1-2-3-7-16-10-12-18(19,13-11-16)14-15-20-17-8-5-4-6-9-17/h4-6,8-9,16H,2-3,7,10-15,19H2,1H3. The van der Waals surface area contributed by atoms with Crippen LogP contribution in [-0.2, 0) is 0 Å². The molecule has 2 heteroatoms. The molecular formula is C18H29NS. The summed E-state index contributed by atoms with van der Waals surface area (Å²) in [6.45, 7) is 2.29. The topological polar surface area (TPSA) is 26.0 Å². The van der Waals surface area contributed by atoms with Crippen LogP contribution in [-0.4, -0.2) is 11.3 Å². The quantitative estimate of drug-likeness (QED) is 0.695. The molecule has 1 nitrogen and oxygen atoms in total. The fraction of sp³-hybridized carbons (Fsp3) is 0.667. The van der Waals surface area contributed by atoms with E-state index in [1.54, 1.807) is 0 Å². The first-order chi connectivity index (χ1) is 9.72. The van der Waals surface area contributed by atoms with Crippen LogP contribution in [0, 0.1) is 5.92 Å². The molecule has 1 aliphatic carbocycles. The molecule has 1 fully saturated rings. The maximum atomic E-state index is 6.60. The Labute approximate surface area is 128 Å². The predicted octanol–water partition coefficient (Wildman–Crippen LogP) is 5.25. The smallest absolute Gasteiger partial charge is 0.0162 e. The van der Waals surface area contributed by atoms with Crippen molar-refractivity contribution in [1.82, 2.24) is 0 Å². The number of unbranched alkanes of at least 4 members (excludes halogenated alkanes) is 1. The lowest BCUT2D eigenvalue weighted by Gasteiger charge is -2.37. The van der Waals surface area contributed by atoms with E-state index in [1.165, 1.54) is 49.8 Å². The summed E-state index contributed by atoms with van der Waals surface area (Å²) >= 11 is 1.95. The summed E-state index contributed by atoms with van der Waals surface area (Å²) in [4.78, 5) is 1.37. The molecule has 1 aromatic carbocycles. The van der Waals surface area contributed by atoms with Gasteiger partial charge in [-0.2, -0.15) is 0 Å². The minimum absolute atomic E-state index is 0.116. The molecule has 0 aromatic heterocycles. The van der Waals surface area contributed by atoms with E-state index in [0.29, 0.717) is 0 Å². The van der Waals surface area contributed by atoms with Crippen LogP contribution < -0.4 is 5.73 Å². The van der Waals surface area contributed by atoms with Crippen LogP contribution >= 0.6 is 11.8 Å². The summed E-state index contributed by atoms with van der Waals surface area (Å²) in [6, 6.07) is 10.7. The van der Waals surface area contributed by atoms with Gasteiger partial charge in [0, 0.05) is 10.4 Å². The maximum Gasteiger partial charge on any atom is 0.0162 e. The first-order valence-corrected chi connectivity index (χ1v) is 9.17. The third-order valence-corrected chi connectivity index (χ3v) is 5.69. The van der Waals surface area contributed by atoms with E-state index in [0.717, 1.165) is 18.1 Å². The third kappa shape index (κ3) is 5.14. The van der Waals surface area contributed by atoms with Crippen molar-refractivity contribution in [3.8, 4) is 0 Å². The van der Waals surface area contributed by atoms with Gasteiger partial charge in [0.05, 0.1) is 0 Å². The van der Waals surface area contributed by atoms with Crippen molar-refractivity contribution in [1.29, 1.82) is 0 Å². The zero-order chi connectivity index (χ0) is 14.3. The van der Waals surface area contributed by atoms with Crippen molar-refractivity contribution in [2.75, 3.05) is 5.75 Å². The highest BCUT2D eigenvalue weighted by Gasteiger charge is 2.30. The Morgan fingerprint density at radius 3 is 2.55 bits per heavy atom. The lowest BCUT2D eigenvalue weighted by atomic mass is 9.74. The molecule has 1 aliphatic rings. The summed E-state index contributed by atoms with van der Waals surface area (Å²) < 4.78 is 0. The zero-order valence-electron chi connectivity index (χ0n) is 12.8. The van der Waals surface area contributed by atoms with Crippen molar-refractivity contribution in [3.05, 3.63) is 30.3 Å². The van der Waals surface area contributed by atoms with Gasteiger partial charge in [-0.1, -0.05) is 44.4 Å². The molecule has 0 heterocycles. The number of thioether (sulfide) groups is 1. The average molecular weight is 292 g/mol. The molecule has 1 aromatic rings. The van der Waals surface area contributed by atoms with E-state index in [2.05, 4.69) is 37.3 Å². The van der Waals surface area contributed by atoms with E-state index in [9.17, 15) is 0 Å². The summed E-state index contributed by atoms with van der Waals surface area (Å²) in [6.07, 6.45) is 10.5. The summed E-state index contributed by atoms with van der Waals surface area (Å²) in [7, 11) is 0. The fourth-order valence-corrected chi connectivity index (χ4v) is 4.27. The highest BCUT2D eigenvalue weighted by atomic mass is 32.2. The molecule has 0 radical (unpaired) electrons. The van der Waals surface area contributed by atoms with Crippen molar-refractivity contribution in [2.24, 2.45) is 11.7 Å². The molecule has 1 saturated carbocycles. The van der Waals surface area contributed by atoms with E-state index >= 15 is 0 Å². The zero-order valence-corrected chi connectivity index (χ0v) is 13.6. The van der Waals surface area contributed by atoms with E-state index in [4.69, 9.17) is 5.73 Å². The first-order valence-electron chi connectivity index (χ1n) is 8.18. The Morgan fingerprint density at radius 1 is 1.20 bits per heavy atom. The van der Waals surface area contributed by atoms with Crippen LogP contribution in [0.3, 0.4) is 0 Å². The van der Waals surface area contributed by atoms with Gasteiger partial charge in [0.15, 0.2) is 0 Å². The highest BCUT2D eigenvalue weighted by Crippen LogP contribution is 2.36. The van der Waals surface area contributed by atoms with Gasteiger partial charge in [0.25, 0.3) is 0 Å². The number of nitrogens with two attached hydrogens (primary N) is 1. The Balaban J connectivity index is 1.68. The van der Waals surface area contributed by atoms with E-state index < -0.39 is 0 Å². The minimum atomic E-state index is 0.116. The Bertz CT molecular complexity index is 368. The molecule has 0 aliphatic heterocycles. The van der Waals surface area contributed by atoms with Crippen LogP contribution in [0.25, 0.3) is 0 Å². The Morgan fingerprint density at radius 2 is 1.90 bits per heavy atom. The predicted molar refractivity (Wildman–Crippen MR) is 90.2 cm³/mol. The second kappa shape index (κ2) is 8.09. The van der Waals surface area contributed by atoms with Gasteiger partial charge in [0.2, 0.25) is 0 Å². The molecule has 0 amide bonds. The van der Waals surface area contributed by atoms with Crippen LogP contribution in [0.15, 0.2) is 35.2 Å². The number of benzene rings is 1. The molecule has 112 valence electrons. The number of hydrogen-bond donors (Lipinski definition) is 1. The molecule has 0 spiro atoms. The largest absolute Gasteiger partial charge is 0.325 e. The normalized spacial score (nSPS) is 26.6. The van der Waals surface area contributed by atoms with E-state index in [1.807, 2.05) is 11.8 Å². The molecular weight excluding hydrogens is 262 g/mol. The maximum absolute atomic E-state index is 6.60. The van der Waals surface area contributed by atoms with Gasteiger partial charge in [-0.05, 0) is 55.9 Å². The van der Waals surface area contributed by atoms with Gasteiger partial charge < -0.3 is 5.73 Å². The monoisotopic (exact) mass is 291 g/mol. The third-order valence-electron chi connectivity index (χ3n) is 4.68. The fourth-order valence-electron chi connectivity index (χ4n) is 3.17. The van der Waals surface area contributed by atoms with Gasteiger partial charge in [-0.3, -0.25) is 0 Å². The SMILES string of the molecule is CCCCC1CCC(N)(CCSc2ccccc2)CC1. The van der Waals surface area contributed by atoms with Gasteiger partial charge in [-0.15, -0.1) is 11.8 Å². The average Bonchev–Trinajstić information content (AvgIpc) is 2.48. The summed E-state index contributed by atoms with van der Waals surface area (Å²) in [5.41, 5.74) is 6.72. The molecule has 0 unspecified atom stereocenters. The molecule has 2 rings (SSSR count). The lowest BCUT2D eigenvalue weighted by Crippen LogP contribution is -2.43. The number of rotatable bonds is 7. The summed E-state index contributed by atoms with van der Waals surface area (Å²) in [5.74, 6) is 2.11. The van der Waals surface area contributed by atoms with Crippen LogP contribution in [0.4, 0.5) is 0 Å². The van der Waals surface area contributed by atoms with E-state index in [-0.39, 0.29) is 5.54 Å². The molecule has 0 bridgehead atoms. The molecule has 2 N–H and O–H groups in total. The van der Waals surface area contributed by atoms with Crippen LogP contribution in [0.1, 0.15) is 58.3 Å². The lowest BCUT2D eigenvalue weighted by molar-refractivity contribution is 0.218. The van der Waals surface area contributed by atoms with Crippen molar-refractivity contribution >= 4 is 11.8 Å². The Kier molecular flexibility index (Phi) is 6.44. The van der Waals surface area contributed by atoms with Crippen molar-refractivity contribution in [3.63, 3.8) is 0 Å².